The molecule has 1 saturated heterocycles. The van der Waals surface area contributed by atoms with Crippen LogP contribution in [0, 0.1) is 0 Å². The summed E-state index contributed by atoms with van der Waals surface area (Å²) in [5.74, 6) is 0.147. The summed E-state index contributed by atoms with van der Waals surface area (Å²) in [6, 6.07) is 3.99. The summed E-state index contributed by atoms with van der Waals surface area (Å²) in [4.78, 5) is 14.8. The first-order valence-corrected chi connectivity index (χ1v) is 6.12. The van der Waals surface area contributed by atoms with Gasteiger partial charge in [0.05, 0.1) is 19.1 Å². The number of thiophene rings is 1. The molecule has 2 heterocycles. The summed E-state index contributed by atoms with van der Waals surface area (Å²) >= 11 is 1.61. The summed E-state index contributed by atoms with van der Waals surface area (Å²) in [5.41, 5.74) is 0. The first-order chi connectivity index (χ1) is 7.31. The van der Waals surface area contributed by atoms with Gasteiger partial charge < -0.3 is 10.0 Å². The SMILES string of the molecule is O=C(Cc1cccs1)N1CCC[C@H]1CO. The molecule has 1 aliphatic heterocycles. The zero-order valence-corrected chi connectivity index (χ0v) is 9.37. The molecule has 1 fully saturated rings. The number of nitrogens with zero attached hydrogens (tertiary/aromatic N) is 1. The van der Waals surface area contributed by atoms with Crippen molar-refractivity contribution in [2.24, 2.45) is 0 Å². The lowest BCUT2D eigenvalue weighted by Gasteiger charge is -2.22. The van der Waals surface area contributed by atoms with Crippen molar-refractivity contribution in [3.63, 3.8) is 0 Å². The van der Waals surface area contributed by atoms with E-state index in [0.717, 1.165) is 24.3 Å². The lowest BCUT2D eigenvalue weighted by atomic mass is 10.2. The van der Waals surface area contributed by atoms with Crippen molar-refractivity contribution in [3.05, 3.63) is 22.4 Å². The Balaban J connectivity index is 1.96. The van der Waals surface area contributed by atoms with Gasteiger partial charge in [0, 0.05) is 11.4 Å². The van der Waals surface area contributed by atoms with Crippen molar-refractivity contribution in [1.29, 1.82) is 0 Å². The molecule has 1 aromatic rings. The standard InChI is InChI=1S/C11H15NO2S/c13-8-9-3-1-5-12(9)11(14)7-10-4-2-6-15-10/h2,4,6,9,13H,1,3,5,7-8H2/t9-/m0/s1. The van der Waals surface area contributed by atoms with Crippen LogP contribution in [0.3, 0.4) is 0 Å². The second kappa shape index (κ2) is 4.77. The zero-order valence-electron chi connectivity index (χ0n) is 8.56. The molecular formula is C11H15NO2S. The van der Waals surface area contributed by atoms with E-state index in [1.807, 2.05) is 22.4 Å². The maximum absolute atomic E-state index is 11.9. The van der Waals surface area contributed by atoms with E-state index in [4.69, 9.17) is 5.11 Å². The number of hydrogen-bond acceptors (Lipinski definition) is 3. The molecular weight excluding hydrogens is 210 g/mol. The van der Waals surface area contributed by atoms with Gasteiger partial charge in [0.25, 0.3) is 0 Å². The van der Waals surface area contributed by atoms with Crippen LogP contribution >= 0.6 is 11.3 Å². The molecule has 0 aliphatic carbocycles. The smallest absolute Gasteiger partial charge is 0.228 e. The lowest BCUT2D eigenvalue weighted by molar-refractivity contribution is -0.131. The van der Waals surface area contributed by atoms with Gasteiger partial charge in [-0.05, 0) is 24.3 Å². The fourth-order valence-corrected chi connectivity index (χ4v) is 2.71. The fourth-order valence-electron chi connectivity index (χ4n) is 2.02. The summed E-state index contributed by atoms with van der Waals surface area (Å²) in [7, 11) is 0. The molecule has 1 amide bonds. The highest BCUT2D eigenvalue weighted by Gasteiger charge is 2.27. The third kappa shape index (κ3) is 2.38. The number of aliphatic hydroxyl groups is 1. The van der Waals surface area contributed by atoms with Gasteiger partial charge in [0.15, 0.2) is 0 Å². The minimum absolute atomic E-state index is 0.0532. The van der Waals surface area contributed by atoms with Gasteiger partial charge in [-0.2, -0.15) is 0 Å². The summed E-state index contributed by atoms with van der Waals surface area (Å²) in [6.45, 7) is 0.894. The number of carbonyl (C=O) groups is 1. The van der Waals surface area contributed by atoms with Crippen LogP contribution in [0.1, 0.15) is 17.7 Å². The van der Waals surface area contributed by atoms with E-state index < -0.39 is 0 Å². The molecule has 0 bridgehead atoms. The Bertz CT molecular complexity index is 323. The zero-order chi connectivity index (χ0) is 10.7. The molecule has 82 valence electrons. The molecule has 0 saturated carbocycles. The number of carbonyl (C=O) groups excluding carboxylic acids is 1. The molecule has 0 unspecified atom stereocenters. The molecule has 15 heavy (non-hydrogen) atoms. The van der Waals surface area contributed by atoms with E-state index in [2.05, 4.69) is 0 Å². The minimum Gasteiger partial charge on any atom is -0.394 e. The Morgan fingerprint density at radius 3 is 3.20 bits per heavy atom. The van der Waals surface area contributed by atoms with Gasteiger partial charge in [0.1, 0.15) is 0 Å². The van der Waals surface area contributed by atoms with Crippen LogP contribution in [0.15, 0.2) is 17.5 Å². The van der Waals surface area contributed by atoms with Gasteiger partial charge in [-0.15, -0.1) is 11.3 Å². The minimum atomic E-state index is 0.0532. The van der Waals surface area contributed by atoms with Crippen LogP contribution in [-0.2, 0) is 11.2 Å². The Hall–Kier alpha value is -0.870. The molecule has 2 rings (SSSR count). The van der Waals surface area contributed by atoms with Crippen LogP contribution in [0.2, 0.25) is 0 Å². The van der Waals surface area contributed by atoms with Gasteiger partial charge in [-0.25, -0.2) is 0 Å². The third-order valence-electron chi connectivity index (χ3n) is 2.81. The van der Waals surface area contributed by atoms with Crippen LogP contribution in [0.5, 0.6) is 0 Å². The van der Waals surface area contributed by atoms with Crippen LogP contribution in [-0.4, -0.2) is 35.1 Å². The van der Waals surface area contributed by atoms with Gasteiger partial charge in [0.2, 0.25) is 5.91 Å². The predicted molar refractivity (Wildman–Crippen MR) is 59.8 cm³/mol. The van der Waals surface area contributed by atoms with Gasteiger partial charge >= 0.3 is 0 Å². The van der Waals surface area contributed by atoms with Crippen molar-refractivity contribution in [3.8, 4) is 0 Å². The van der Waals surface area contributed by atoms with Crippen molar-refractivity contribution in [2.45, 2.75) is 25.3 Å². The van der Waals surface area contributed by atoms with Gasteiger partial charge in [-0.1, -0.05) is 6.07 Å². The molecule has 3 nitrogen and oxygen atoms in total. The average Bonchev–Trinajstić information content (AvgIpc) is 2.86. The third-order valence-corrected chi connectivity index (χ3v) is 3.69. The van der Waals surface area contributed by atoms with Gasteiger partial charge in [-0.3, -0.25) is 4.79 Å². The van der Waals surface area contributed by atoms with E-state index in [-0.39, 0.29) is 18.6 Å². The van der Waals surface area contributed by atoms with Crippen LogP contribution < -0.4 is 0 Å². The Morgan fingerprint density at radius 2 is 2.53 bits per heavy atom. The van der Waals surface area contributed by atoms with Crippen molar-refractivity contribution in [1.82, 2.24) is 4.90 Å². The maximum Gasteiger partial charge on any atom is 0.228 e. The Morgan fingerprint density at radius 1 is 1.67 bits per heavy atom. The topological polar surface area (TPSA) is 40.5 Å². The van der Waals surface area contributed by atoms with E-state index in [0.29, 0.717) is 6.42 Å². The van der Waals surface area contributed by atoms with E-state index in [1.165, 1.54) is 0 Å². The highest BCUT2D eigenvalue weighted by molar-refractivity contribution is 7.10. The number of rotatable bonds is 3. The normalized spacial score (nSPS) is 20.9. The summed E-state index contributed by atoms with van der Waals surface area (Å²) in [6.07, 6.45) is 2.43. The first-order valence-electron chi connectivity index (χ1n) is 5.24. The maximum atomic E-state index is 11.9. The predicted octanol–water partition coefficient (Wildman–Crippen LogP) is 1.27. The van der Waals surface area contributed by atoms with E-state index in [9.17, 15) is 4.79 Å². The molecule has 1 aromatic heterocycles. The van der Waals surface area contributed by atoms with Crippen LogP contribution in [0.4, 0.5) is 0 Å². The molecule has 4 heteroatoms. The number of amides is 1. The highest BCUT2D eigenvalue weighted by Crippen LogP contribution is 2.19. The average molecular weight is 225 g/mol. The molecule has 0 aromatic carbocycles. The van der Waals surface area contributed by atoms with E-state index in [1.54, 1.807) is 11.3 Å². The summed E-state index contributed by atoms with van der Waals surface area (Å²) in [5, 5.41) is 11.1. The molecule has 1 atom stereocenters. The number of aliphatic hydroxyl groups excluding tert-OH is 1. The molecule has 0 spiro atoms. The number of hydrogen-bond donors (Lipinski definition) is 1. The monoisotopic (exact) mass is 225 g/mol. The quantitative estimate of drug-likeness (QED) is 0.841. The Kier molecular flexibility index (Phi) is 3.38. The largest absolute Gasteiger partial charge is 0.394 e. The first kappa shape index (κ1) is 10.6. The highest BCUT2D eigenvalue weighted by atomic mass is 32.1. The van der Waals surface area contributed by atoms with Crippen molar-refractivity contribution in [2.75, 3.05) is 13.2 Å². The lowest BCUT2D eigenvalue weighted by Crippen LogP contribution is -2.38. The van der Waals surface area contributed by atoms with Crippen molar-refractivity contribution >= 4 is 17.2 Å². The molecule has 1 aliphatic rings. The molecule has 0 radical (unpaired) electrons. The fraction of sp³-hybridized carbons (Fsp3) is 0.545. The second-order valence-corrected chi connectivity index (χ2v) is 4.85. The Labute approximate surface area is 93.3 Å². The number of likely N-dealkylation sites (tertiary alicyclic amines) is 1. The molecule has 1 N–H and O–H groups in total. The summed E-state index contributed by atoms with van der Waals surface area (Å²) < 4.78 is 0. The van der Waals surface area contributed by atoms with E-state index >= 15 is 0 Å². The van der Waals surface area contributed by atoms with Crippen LogP contribution in [0.25, 0.3) is 0 Å². The second-order valence-electron chi connectivity index (χ2n) is 3.82. The van der Waals surface area contributed by atoms with Crippen molar-refractivity contribution < 1.29 is 9.90 Å².